The van der Waals surface area contributed by atoms with Gasteiger partial charge in [-0.2, -0.15) is 11.3 Å². The van der Waals surface area contributed by atoms with Gasteiger partial charge in [-0.3, -0.25) is 9.59 Å². The Balaban J connectivity index is 2.00. The number of benzene rings is 1. The topological polar surface area (TPSA) is 57.6 Å². The number of rotatable bonds is 3. The lowest BCUT2D eigenvalue weighted by Crippen LogP contribution is -2.40. The maximum absolute atomic E-state index is 12.3. The zero-order valence-corrected chi connectivity index (χ0v) is 11.7. The molecule has 0 saturated carbocycles. The fraction of sp³-hybridized carbons (Fsp3) is 0.200. The van der Waals surface area contributed by atoms with Crippen molar-refractivity contribution in [2.45, 2.75) is 12.0 Å². The molecular formula is C15H13NO3S. The normalized spacial score (nSPS) is 21.1. The first-order valence-electron chi connectivity index (χ1n) is 6.19. The number of hydrogen-bond donors (Lipinski definition) is 1. The second kappa shape index (κ2) is 4.54. The highest BCUT2D eigenvalue weighted by Crippen LogP contribution is 2.41. The van der Waals surface area contributed by atoms with E-state index in [-0.39, 0.29) is 12.2 Å². The van der Waals surface area contributed by atoms with E-state index >= 15 is 0 Å². The minimum absolute atomic E-state index is 0.229. The van der Waals surface area contributed by atoms with Crippen LogP contribution < -0.4 is 4.90 Å². The van der Waals surface area contributed by atoms with Crippen molar-refractivity contribution in [1.29, 1.82) is 0 Å². The van der Waals surface area contributed by atoms with E-state index in [1.165, 1.54) is 16.2 Å². The molecule has 1 atom stereocenters. The Morgan fingerprint density at radius 1 is 1.35 bits per heavy atom. The average Bonchev–Trinajstić information content (AvgIpc) is 3.04. The highest BCUT2D eigenvalue weighted by Gasteiger charge is 2.49. The Kier molecular flexibility index (Phi) is 2.96. The minimum Gasteiger partial charge on any atom is -0.375 e. The molecule has 20 heavy (non-hydrogen) atoms. The Hall–Kier alpha value is -1.98. The third-order valence-corrected chi connectivity index (χ3v) is 4.31. The summed E-state index contributed by atoms with van der Waals surface area (Å²) in [6, 6.07) is 8.71. The summed E-state index contributed by atoms with van der Waals surface area (Å²) in [5, 5.41) is 14.3. The van der Waals surface area contributed by atoms with E-state index in [4.69, 9.17) is 0 Å². The summed E-state index contributed by atoms with van der Waals surface area (Å²) in [7, 11) is 1.61. The molecule has 1 aromatic heterocycles. The second-order valence-electron chi connectivity index (χ2n) is 4.85. The number of Topliss-reactive ketones (excluding diaryl/α,β-unsaturated/α-hetero) is 1. The van der Waals surface area contributed by atoms with Crippen molar-refractivity contribution in [3.05, 3.63) is 52.2 Å². The van der Waals surface area contributed by atoms with E-state index < -0.39 is 11.5 Å². The summed E-state index contributed by atoms with van der Waals surface area (Å²) in [5.74, 6) is -0.686. The van der Waals surface area contributed by atoms with Crippen molar-refractivity contribution in [3.63, 3.8) is 0 Å². The van der Waals surface area contributed by atoms with Crippen molar-refractivity contribution < 1.29 is 14.7 Å². The van der Waals surface area contributed by atoms with Crippen LogP contribution in [0.25, 0.3) is 0 Å². The highest BCUT2D eigenvalue weighted by atomic mass is 32.1. The van der Waals surface area contributed by atoms with Crippen LogP contribution in [-0.4, -0.2) is 23.8 Å². The largest absolute Gasteiger partial charge is 0.375 e. The van der Waals surface area contributed by atoms with Crippen molar-refractivity contribution in [3.8, 4) is 0 Å². The molecule has 3 rings (SSSR count). The van der Waals surface area contributed by atoms with Crippen LogP contribution in [-0.2, 0) is 10.4 Å². The van der Waals surface area contributed by atoms with Gasteiger partial charge in [0.2, 0.25) is 0 Å². The van der Waals surface area contributed by atoms with Crippen LogP contribution in [0, 0.1) is 0 Å². The van der Waals surface area contributed by atoms with E-state index in [2.05, 4.69) is 0 Å². The minimum atomic E-state index is -1.76. The molecule has 2 heterocycles. The standard InChI is InChI=1S/C15H13NO3S/c1-16-12-5-3-2-4-11(12)15(19,14(16)18)8-13(17)10-6-7-20-9-10/h2-7,9,19H,8H2,1H3. The number of thiophene rings is 1. The maximum atomic E-state index is 12.3. The van der Waals surface area contributed by atoms with Gasteiger partial charge in [0, 0.05) is 23.6 Å². The SMILES string of the molecule is CN1C(=O)C(O)(CC(=O)c2ccsc2)c2ccccc21. The van der Waals surface area contributed by atoms with Gasteiger partial charge in [0.25, 0.3) is 5.91 Å². The van der Waals surface area contributed by atoms with Gasteiger partial charge in [-0.05, 0) is 17.5 Å². The molecular weight excluding hydrogens is 274 g/mol. The maximum Gasteiger partial charge on any atom is 0.263 e. The van der Waals surface area contributed by atoms with E-state index in [0.29, 0.717) is 16.8 Å². The molecule has 102 valence electrons. The van der Waals surface area contributed by atoms with Gasteiger partial charge in [-0.1, -0.05) is 18.2 Å². The number of hydrogen-bond acceptors (Lipinski definition) is 4. The van der Waals surface area contributed by atoms with E-state index in [0.717, 1.165) is 0 Å². The third-order valence-electron chi connectivity index (χ3n) is 3.63. The molecule has 1 aliphatic heterocycles. The molecule has 1 amide bonds. The van der Waals surface area contributed by atoms with Gasteiger partial charge in [-0.15, -0.1) is 0 Å². The molecule has 0 radical (unpaired) electrons. The van der Waals surface area contributed by atoms with Gasteiger partial charge in [0.05, 0.1) is 12.1 Å². The van der Waals surface area contributed by atoms with E-state index in [9.17, 15) is 14.7 Å². The number of aliphatic hydroxyl groups is 1. The number of para-hydroxylation sites is 1. The first kappa shape index (κ1) is 13.0. The van der Waals surface area contributed by atoms with Crippen LogP contribution in [0.1, 0.15) is 22.3 Å². The molecule has 0 fully saturated rings. The molecule has 0 spiro atoms. The van der Waals surface area contributed by atoms with Gasteiger partial charge >= 0.3 is 0 Å². The van der Waals surface area contributed by atoms with Gasteiger partial charge < -0.3 is 10.0 Å². The summed E-state index contributed by atoms with van der Waals surface area (Å²) in [5.41, 5.74) is -0.0814. The fourth-order valence-corrected chi connectivity index (χ4v) is 3.21. The Labute approximate surface area is 120 Å². The van der Waals surface area contributed by atoms with Gasteiger partial charge in [-0.25, -0.2) is 0 Å². The van der Waals surface area contributed by atoms with E-state index in [1.54, 1.807) is 48.1 Å². The zero-order chi connectivity index (χ0) is 14.3. The summed E-state index contributed by atoms with van der Waals surface area (Å²) in [6.45, 7) is 0. The molecule has 1 aromatic carbocycles. The first-order chi connectivity index (χ1) is 9.54. The van der Waals surface area contributed by atoms with Crippen molar-refractivity contribution in [2.75, 3.05) is 11.9 Å². The Bertz CT molecular complexity index is 680. The predicted octanol–water partition coefficient (Wildman–Crippen LogP) is 2.19. The van der Waals surface area contributed by atoms with Crippen LogP contribution in [0.2, 0.25) is 0 Å². The summed E-state index contributed by atoms with van der Waals surface area (Å²) < 4.78 is 0. The van der Waals surface area contributed by atoms with Crippen LogP contribution in [0.4, 0.5) is 5.69 Å². The number of nitrogens with zero attached hydrogens (tertiary/aromatic N) is 1. The number of amides is 1. The summed E-state index contributed by atoms with van der Waals surface area (Å²) in [6.07, 6.45) is -0.232. The molecule has 1 unspecified atom stereocenters. The molecule has 1 N–H and O–H groups in total. The lowest BCUT2D eigenvalue weighted by molar-refractivity contribution is -0.135. The number of carbonyl (C=O) groups excluding carboxylic acids is 2. The number of carbonyl (C=O) groups is 2. The number of likely N-dealkylation sites (N-methyl/N-ethyl adjacent to an activating group) is 1. The molecule has 4 nitrogen and oxygen atoms in total. The zero-order valence-electron chi connectivity index (χ0n) is 10.9. The number of anilines is 1. The number of ketones is 1. The van der Waals surface area contributed by atoms with E-state index in [1.807, 2.05) is 0 Å². The van der Waals surface area contributed by atoms with Gasteiger partial charge in [0.1, 0.15) is 0 Å². The van der Waals surface area contributed by atoms with Gasteiger partial charge in [0.15, 0.2) is 11.4 Å². The summed E-state index contributed by atoms with van der Waals surface area (Å²) >= 11 is 1.41. The Morgan fingerprint density at radius 2 is 2.10 bits per heavy atom. The number of fused-ring (bicyclic) bond motifs is 1. The Morgan fingerprint density at radius 3 is 2.80 bits per heavy atom. The lowest BCUT2D eigenvalue weighted by Gasteiger charge is -2.20. The van der Waals surface area contributed by atoms with Crippen molar-refractivity contribution in [2.24, 2.45) is 0 Å². The molecule has 0 aliphatic carbocycles. The summed E-state index contributed by atoms with van der Waals surface area (Å²) in [4.78, 5) is 25.9. The molecule has 0 bridgehead atoms. The van der Waals surface area contributed by atoms with Crippen molar-refractivity contribution >= 4 is 28.7 Å². The molecule has 0 saturated heterocycles. The van der Waals surface area contributed by atoms with Crippen LogP contribution >= 0.6 is 11.3 Å². The predicted molar refractivity (Wildman–Crippen MR) is 77.0 cm³/mol. The molecule has 2 aromatic rings. The fourth-order valence-electron chi connectivity index (χ4n) is 2.55. The van der Waals surface area contributed by atoms with Crippen molar-refractivity contribution in [1.82, 2.24) is 0 Å². The van der Waals surface area contributed by atoms with Crippen LogP contribution in [0.3, 0.4) is 0 Å². The third kappa shape index (κ3) is 1.78. The average molecular weight is 287 g/mol. The second-order valence-corrected chi connectivity index (χ2v) is 5.63. The van der Waals surface area contributed by atoms with Crippen LogP contribution in [0.5, 0.6) is 0 Å². The molecule has 5 heteroatoms. The quantitative estimate of drug-likeness (QED) is 0.880. The smallest absolute Gasteiger partial charge is 0.263 e. The lowest BCUT2D eigenvalue weighted by atomic mass is 9.88. The van der Waals surface area contributed by atoms with Crippen LogP contribution in [0.15, 0.2) is 41.1 Å². The monoisotopic (exact) mass is 287 g/mol. The highest BCUT2D eigenvalue weighted by molar-refractivity contribution is 7.08. The first-order valence-corrected chi connectivity index (χ1v) is 7.14. The molecule has 1 aliphatic rings.